The number of rotatable bonds is 6. The predicted molar refractivity (Wildman–Crippen MR) is 127 cm³/mol. The maximum absolute atomic E-state index is 13.2. The first kappa shape index (κ1) is 22.8. The fourth-order valence-electron chi connectivity index (χ4n) is 4.46. The average molecular weight is 457 g/mol. The number of nitrogens with zero attached hydrogens (tertiary/aromatic N) is 2. The van der Waals surface area contributed by atoms with Crippen molar-refractivity contribution in [3.05, 3.63) is 59.7 Å². The Morgan fingerprint density at radius 2 is 1.88 bits per heavy atom. The molecular formula is C24H32N4O3S. The molecule has 2 aliphatic rings. The van der Waals surface area contributed by atoms with Crippen LogP contribution in [0.1, 0.15) is 30.9 Å². The molecule has 172 valence electrons. The van der Waals surface area contributed by atoms with Gasteiger partial charge in [0.2, 0.25) is 10.0 Å². The Morgan fingerprint density at radius 1 is 1.12 bits per heavy atom. The summed E-state index contributed by atoms with van der Waals surface area (Å²) in [5.74, 6) is 1.75. The van der Waals surface area contributed by atoms with E-state index in [1.165, 1.54) is 0 Å². The third-order valence-electron chi connectivity index (χ3n) is 6.44. The molecule has 0 saturated carbocycles. The minimum atomic E-state index is -3.49. The van der Waals surface area contributed by atoms with Crippen LogP contribution in [0.2, 0.25) is 0 Å². The van der Waals surface area contributed by atoms with Crippen LogP contribution >= 0.6 is 0 Å². The van der Waals surface area contributed by atoms with Crippen molar-refractivity contribution >= 4 is 15.9 Å². The summed E-state index contributed by atoms with van der Waals surface area (Å²) in [4.78, 5) is 5.14. The number of amidine groups is 1. The number of methoxy groups -OCH3 is 1. The van der Waals surface area contributed by atoms with Gasteiger partial charge in [0, 0.05) is 26.2 Å². The molecule has 8 heteroatoms. The van der Waals surface area contributed by atoms with E-state index in [0.29, 0.717) is 43.9 Å². The maximum Gasteiger partial charge on any atom is 0.243 e. The van der Waals surface area contributed by atoms with Gasteiger partial charge in [-0.05, 0) is 54.7 Å². The normalized spacial score (nSPS) is 18.9. The smallest absolute Gasteiger partial charge is 0.243 e. The van der Waals surface area contributed by atoms with Gasteiger partial charge in [0.15, 0.2) is 0 Å². The lowest BCUT2D eigenvalue weighted by atomic mass is 9.85. The van der Waals surface area contributed by atoms with E-state index in [4.69, 9.17) is 9.73 Å². The van der Waals surface area contributed by atoms with Crippen molar-refractivity contribution in [2.24, 2.45) is 4.99 Å². The molecule has 0 aromatic heterocycles. The van der Waals surface area contributed by atoms with Crippen LogP contribution in [0.3, 0.4) is 0 Å². The van der Waals surface area contributed by atoms with Gasteiger partial charge in [0.1, 0.15) is 11.6 Å². The van der Waals surface area contributed by atoms with E-state index in [1.54, 1.807) is 23.5 Å². The number of piperidine rings is 1. The molecule has 0 atom stereocenters. The van der Waals surface area contributed by atoms with Crippen molar-refractivity contribution < 1.29 is 13.2 Å². The van der Waals surface area contributed by atoms with E-state index in [2.05, 4.69) is 23.6 Å². The minimum Gasteiger partial charge on any atom is -0.497 e. The highest BCUT2D eigenvalue weighted by Crippen LogP contribution is 2.29. The second kappa shape index (κ2) is 9.60. The summed E-state index contributed by atoms with van der Waals surface area (Å²) in [7, 11) is -1.83. The summed E-state index contributed by atoms with van der Waals surface area (Å²) in [5, 5.41) is 7.14. The first-order valence-electron chi connectivity index (χ1n) is 11.2. The van der Waals surface area contributed by atoms with Crippen LogP contribution in [0.4, 0.5) is 0 Å². The van der Waals surface area contributed by atoms with Crippen LogP contribution in [-0.4, -0.2) is 57.4 Å². The Balaban J connectivity index is 1.44. The van der Waals surface area contributed by atoms with Crippen LogP contribution in [0.25, 0.3) is 0 Å². The number of sulfonamides is 1. The molecule has 7 nitrogen and oxygen atoms in total. The summed E-state index contributed by atoms with van der Waals surface area (Å²) in [6.45, 7) is 5.15. The Morgan fingerprint density at radius 3 is 2.56 bits per heavy atom. The van der Waals surface area contributed by atoms with Crippen LogP contribution < -0.4 is 15.4 Å². The third kappa shape index (κ3) is 4.67. The maximum atomic E-state index is 13.2. The average Bonchev–Trinajstić information content (AvgIpc) is 2.84. The lowest BCUT2D eigenvalue weighted by molar-refractivity contribution is 0.241. The van der Waals surface area contributed by atoms with E-state index < -0.39 is 10.0 Å². The zero-order valence-corrected chi connectivity index (χ0v) is 19.6. The molecule has 2 aromatic carbocycles. The largest absolute Gasteiger partial charge is 0.497 e. The number of hydrogen-bond acceptors (Lipinski definition) is 6. The zero-order valence-electron chi connectivity index (χ0n) is 18.8. The van der Waals surface area contributed by atoms with E-state index in [0.717, 1.165) is 35.7 Å². The standard InChI is InChI=1S/C24H32N4O3S/c1-3-19-7-9-22(10-8-19)32(29,30)28-15-11-24(12-16-28)23(25-13-14-27-24)26-18-20-5-4-6-21(17-20)31-2/h4-10,17,27H,3,11-16,18H2,1-2H3,(H,25,26). The topological polar surface area (TPSA) is 83.0 Å². The number of ether oxygens (including phenoxy) is 1. The van der Waals surface area contributed by atoms with Gasteiger partial charge in [-0.1, -0.05) is 31.2 Å². The Bertz CT molecular complexity index is 1060. The first-order chi connectivity index (χ1) is 15.5. The molecule has 1 fully saturated rings. The van der Waals surface area contributed by atoms with Crippen LogP contribution in [0.5, 0.6) is 5.75 Å². The summed E-state index contributed by atoms with van der Waals surface area (Å²) in [6.07, 6.45) is 2.26. The number of aliphatic imine (C=N–C) groups is 1. The summed E-state index contributed by atoms with van der Waals surface area (Å²) >= 11 is 0. The van der Waals surface area contributed by atoms with Gasteiger partial charge in [0.05, 0.1) is 24.1 Å². The monoisotopic (exact) mass is 456 g/mol. The molecule has 2 aromatic rings. The molecule has 0 amide bonds. The minimum absolute atomic E-state index is 0.310. The van der Waals surface area contributed by atoms with Gasteiger partial charge in [-0.15, -0.1) is 0 Å². The quantitative estimate of drug-likeness (QED) is 0.698. The Labute approximate surface area is 190 Å². The lowest BCUT2D eigenvalue weighted by Crippen LogP contribution is -2.64. The number of benzene rings is 2. The van der Waals surface area contributed by atoms with Crippen molar-refractivity contribution in [3.8, 4) is 5.75 Å². The molecule has 1 saturated heterocycles. The zero-order chi connectivity index (χ0) is 22.6. The molecule has 0 radical (unpaired) electrons. The number of aryl methyl sites for hydroxylation is 1. The van der Waals surface area contributed by atoms with Crippen molar-refractivity contribution in [2.45, 2.75) is 43.2 Å². The highest BCUT2D eigenvalue weighted by Gasteiger charge is 2.43. The summed E-state index contributed by atoms with van der Waals surface area (Å²) in [5.41, 5.74) is 1.94. The van der Waals surface area contributed by atoms with Gasteiger partial charge in [0.25, 0.3) is 0 Å². The second-order valence-corrected chi connectivity index (χ2v) is 10.3. The number of hydrogen-bond donors (Lipinski definition) is 2. The Kier molecular flexibility index (Phi) is 6.83. The summed E-state index contributed by atoms with van der Waals surface area (Å²) < 4.78 is 33.2. The molecule has 2 aliphatic heterocycles. The fourth-order valence-corrected chi connectivity index (χ4v) is 5.90. The second-order valence-electron chi connectivity index (χ2n) is 8.35. The highest BCUT2D eigenvalue weighted by atomic mass is 32.2. The van der Waals surface area contributed by atoms with E-state index in [-0.39, 0.29) is 5.54 Å². The molecule has 0 bridgehead atoms. The van der Waals surface area contributed by atoms with Crippen molar-refractivity contribution in [2.75, 3.05) is 33.3 Å². The van der Waals surface area contributed by atoms with Crippen molar-refractivity contribution in [3.63, 3.8) is 0 Å². The first-order valence-corrected chi connectivity index (χ1v) is 12.7. The van der Waals surface area contributed by atoms with Gasteiger partial charge in [-0.3, -0.25) is 4.99 Å². The van der Waals surface area contributed by atoms with Gasteiger partial charge < -0.3 is 15.4 Å². The molecule has 4 rings (SSSR count). The molecule has 1 spiro atoms. The molecule has 2 N–H and O–H groups in total. The van der Waals surface area contributed by atoms with Crippen LogP contribution in [0.15, 0.2) is 58.4 Å². The van der Waals surface area contributed by atoms with E-state index in [1.807, 2.05) is 30.3 Å². The van der Waals surface area contributed by atoms with E-state index in [9.17, 15) is 8.42 Å². The Hall–Kier alpha value is -2.42. The van der Waals surface area contributed by atoms with Gasteiger partial charge >= 0.3 is 0 Å². The van der Waals surface area contributed by atoms with Crippen molar-refractivity contribution in [1.82, 2.24) is 14.9 Å². The fraction of sp³-hybridized carbons (Fsp3) is 0.458. The molecule has 0 unspecified atom stereocenters. The SMILES string of the molecule is CCc1ccc(S(=O)(=O)N2CCC3(CC2)NCCN=C3NCc2cccc(OC)c2)cc1. The van der Waals surface area contributed by atoms with Crippen molar-refractivity contribution in [1.29, 1.82) is 0 Å². The van der Waals surface area contributed by atoms with Gasteiger partial charge in [-0.2, -0.15) is 4.31 Å². The van der Waals surface area contributed by atoms with Crippen LogP contribution in [-0.2, 0) is 23.0 Å². The number of nitrogens with one attached hydrogen (secondary N) is 2. The predicted octanol–water partition coefficient (Wildman–Crippen LogP) is 2.57. The third-order valence-corrected chi connectivity index (χ3v) is 8.35. The summed E-state index contributed by atoms with van der Waals surface area (Å²) in [6, 6.07) is 15.2. The lowest BCUT2D eigenvalue weighted by Gasteiger charge is -2.44. The molecular weight excluding hydrogens is 424 g/mol. The molecule has 0 aliphatic carbocycles. The van der Waals surface area contributed by atoms with E-state index >= 15 is 0 Å². The van der Waals surface area contributed by atoms with Gasteiger partial charge in [-0.25, -0.2) is 8.42 Å². The van der Waals surface area contributed by atoms with Crippen LogP contribution in [0, 0.1) is 0 Å². The molecule has 2 heterocycles. The highest BCUT2D eigenvalue weighted by molar-refractivity contribution is 7.89. The molecule has 32 heavy (non-hydrogen) atoms.